The maximum atomic E-state index is 4.09. The van der Waals surface area contributed by atoms with E-state index in [2.05, 4.69) is 24.0 Å². The first-order valence-corrected chi connectivity index (χ1v) is 4.92. The van der Waals surface area contributed by atoms with Crippen LogP contribution in [-0.4, -0.2) is 0 Å². The Morgan fingerprint density at radius 2 is 1.80 bits per heavy atom. The van der Waals surface area contributed by atoms with Crippen LogP contribution in [0.25, 0.3) is 5.57 Å². The summed E-state index contributed by atoms with van der Waals surface area (Å²) >= 11 is 0. The Labute approximate surface area is 90.1 Å². The molecule has 2 rings (SSSR count). The highest BCUT2D eigenvalue weighted by Crippen LogP contribution is 2.19. The fourth-order valence-corrected chi connectivity index (χ4v) is 1.44. The van der Waals surface area contributed by atoms with Crippen LogP contribution < -0.4 is 5.32 Å². The van der Waals surface area contributed by atoms with Crippen molar-refractivity contribution in [1.29, 1.82) is 0 Å². The number of nitrogens with one attached hydrogen (secondary N) is 1. The largest absolute Gasteiger partial charge is 0.361 e. The van der Waals surface area contributed by atoms with Gasteiger partial charge in [-0.3, -0.25) is 0 Å². The molecule has 0 fully saturated rings. The predicted molar refractivity (Wildman–Crippen MR) is 65.0 cm³/mol. The van der Waals surface area contributed by atoms with E-state index >= 15 is 0 Å². The zero-order chi connectivity index (χ0) is 10.5. The molecule has 0 radical (unpaired) electrons. The Kier molecular flexibility index (Phi) is 2.84. The summed E-state index contributed by atoms with van der Waals surface area (Å²) in [5.41, 5.74) is 3.18. The van der Waals surface area contributed by atoms with Gasteiger partial charge < -0.3 is 5.32 Å². The SMILES string of the molecule is C=C(C1=CC=CC=CN1)c1ccccc1. The lowest BCUT2D eigenvalue weighted by molar-refractivity contribution is 1.13. The third kappa shape index (κ3) is 2.26. The minimum atomic E-state index is 1.01. The van der Waals surface area contributed by atoms with Crippen molar-refractivity contribution in [1.82, 2.24) is 5.32 Å². The number of benzene rings is 1. The van der Waals surface area contributed by atoms with E-state index in [0.717, 1.165) is 16.8 Å². The molecule has 0 saturated heterocycles. The molecular formula is C14H13N. The van der Waals surface area contributed by atoms with Crippen LogP contribution in [0.3, 0.4) is 0 Å². The standard InChI is InChI=1S/C14H13N/c1-12(13-8-4-2-5-9-13)14-10-6-3-7-11-15-14/h2-11,15H,1H2. The molecule has 1 heterocycles. The third-order valence-corrected chi connectivity index (χ3v) is 2.27. The molecule has 0 aliphatic carbocycles. The van der Waals surface area contributed by atoms with Crippen molar-refractivity contribution >= 4 is 5.57 Å². The summed E-state index contributed by atoms with van der Waals surface area (Å²) in [5.74, 6) is 0. The average molecular weight is 195 g/mol. The summed E-state index contributed by atoms with van der Waals surface area (Å²) in [5, 5.41) is 3.20. The Bertz CT molecular complexity index is 436. The Morgan fingerprint density at radius 3 is 2.60 bits per heavy atom. The van der Waals surface area contributed by atoms with Gasteiger partial charge in [0.15, 0.2) is 0 Å². The number of hydrogen-bond donors (Lipinski definition) is 1. The van der Waals surface area contributed by atoms with Crippen molar-refractivity contribution in [2.45, 2.75) is 0 Å². The second-order valence-electron chi connectivity index (χ2n) is 3.31. The van der Waals surface area contributed by atoms with Crippen LogP contribution >= 0.6 is 0 Å². The molecule has 1 N–H and O–H groups in total. The molecule has 1 nitrogen and oxygen atoms in total. The minimum Gasteiger partial charge on any atom is -0.361 e. The van der Waals surface area contributed by atoms with Gasteiger partial charge in [-0.05, 0) is 23.3 Å². The summed E-state index contributed by atoms with van der Waals surface area (Å²) < 4.78 is 0. The van der Waals surface area contributed by atoms with Crippen molar-refractivity contribution < 1.29 is 0 Å². The van der Waals surface area contributed by atoms with Crippen molar-refractivity contribution in [2.24, 2.45) is 0 Å². The van der Waals surface area contributed by atoms with Gasteiger partial charge in [0.1, 0.15) is 0 Å². The summed E-state index contributed by atoms with van der Waals surface area (Å²) in [6.07, 6.45) is 9.87. The second kappa shape index (κ2) is 4.47. The van der Waals surface area contributed by atoms with Gasteiger partial charge in [0.2, 0.25) is 0 Å². The Hall–Kier alpha value is -2.02. The summed E-state index contributed by atoms with van der Waals surface area (Å²) in [6.45, 7) is 4.09. The average Bonchev–Trinajstić information content (AvgIpc) is 2.58. The van der Waals surface area contributed by atoms with Gasteiger partial charge in [-0.15, -0.1) is 0 Å². The highest BCUT2D eigenvalue weighted by molar-refractivity contribution is 5.77. The van der Waals surface area contributed by atoms with Crippen molar-refractivity contribution in [3.05, 3.63) is 78.7 Å². The van der Waals surface area contributed by atoms with Crippen molar-refractivity contribution in [3.63, 3.8) is 0 Å². The van der Waals surface area contributed by atoms with Crippen LogP contribution in [0, 0.1) is 0 Å². The molecule has 0 unspecified atom stereocenters. The highest BCUT2D eigenvalue weighted by atomic mass is 14.8. The van der Waals surface area contributed by atoms with E-state index in [0.29, 0.717) is 0 Å². The molecule has 0 spiro atoms. The minimum absolute atomic E-state index is 1.01. The summed E-state index contributed by atoms with van der Waals surface area (Å²) in [7, 11) is 0. The van der Waals surface area contributed by atoms with Crippen LogP contribution in [0.4, 0.5) is 0 Å². The van der Waals surface area contributed by atoms with Crippen LogP contribution in [-0.2, 0) is 0 Å². The van der Waals surface area contributed by atoms with Gasteiger partial charge in [-0.25, -0.2) is 0 Å². The summed E-state index contributed by atoms with van der Waals surface area (Å²) in [6, 6.07) is 10.2. The van der Waals surface area contributed by atoms with E-state index in [9.17, 15) is 0 Å². The molecule has 1 aliphatic heterocycles. The lowest BCUT2D eigenvalue weighted by Crippen LogP contribution is -2.05. The molecular weight excluding hydrogens is 182 g/mol. The molecule has 0 atom stereocenters. The Balaban J connectivity index is 2.25. The molecule has 0 amide bonds. The first-order chi connectivity index (χ1) is 7.38. The molecule has 0 bridgehead atoms. The number of hydrogen-bond acceptors (Lipinski definition) is 1. The molecule has 1 aromatic rings. The monoisotopic (exact) mass is 195 g/mol. The maximum absolute atomic E-state index is 4.09. The summed E-state index contributed by atoms with van der Waals surface area (Å²) in [4.78, 5) is 0. The fourth-order valence-electron chi connectivity index (χ4n) is 1.44. The first-order valence-electron chi connectivity index (χ1n) is 4.92. The van der Waals surface area contributed by atoms with Crippen LogP contribution in [0.2, 0.25) is 0 Å². The molecule has 74 valence electrons. The van der Waals surface area contributed by atoms with Gasteiger partial charge in [-0.2, -0.15) is 0 Å². The molecule has 0 aromatic heterocycles. The molecule has 0 saturated carbocycles. The smallest absolute Gasteiger partial charge is 0.0453 e. The van der Waals surface area contributed by atoms with Crippen molar-refractivity contribution in [2.75, 3.05) is 0 Å². The van der Waals surface area contributed by atoms with Crippen LogP contribution in [0.15, 0.2) is 73.1 Å². The first kappa shape index (κ1) is 9.53. The van der Waals surface area contributed by atoms with Gasteiger partial charge >= 0.3 is 0 Å². The lowest BCUT2D eigenvalue weighted by atomic mass is 10.0. The Morgan fingerprint density at radius 1 is 1.00 bits per heavy atom. The third-order valence-electron chi connectivity index (χ3n) is 2.27. The van der Waals surface area contributed by atoms with E-state index in [1.807, 2.05) is 48.7 Å². The predicted octanol–water partition coefficient (Wildman–Crippen LogP) is 3.26. The number of allylic oxidation sites excluding steroid dienone is 5. The lowest BCUT2D eigenvalue weighted by Gasteiger charge is -2.09. The van der Waals surface area contributed by atoms with Crippen molar-refractivity contribution in [3.8, 4) is 0 Å². The molecule has 1 aromatic carbocycles. The van der Waals surface area contributed by atoms with Crippen LogP contribution in [0.1, 0.15) is 5.56 Å². The normalized spacial score (nSPS) is 14.0. The second-order valence-corrected chi connectivity index (χ2v) is 3.31. The van der Waals surface area contributed by atoms with Crippen LogP contribution in [0.5, 0.6) is 0 Å². The topological polar surface area (TPSA) is 12.0 Å². The van der Waals surface area contributed by atoms with E-state index < -0.39 is 0 Å². The van der Waals surface area contributed by atoms with Gasteiger partial charge in [0, 0.05) is 11.9 Å². The number of rotatable bonds is 2. The maximum Gasteiger partial charge on any atom is 0.0453 e. The molecule has 1 aliphatic rings. The van der Waals surface area contributed by atoms with Gasteiger partial charge in [0.05, 0.1) is 0 Å². The van der Waals surface area contributed by atoms with E-state index in [1.165, 1.54) is 0 Å². The zero-order valence-corrected chi connectivity index (χ0v) is 8.48. The van der Waals surface area contributed by atoms with E-state index in [-0.39, 0.29) is 0 Å². The van der Waals surface area contributed by atoms with E-state index in [1.54, 1.807) is 0 Å². The van der Waals surface area contributed by atoms with Gasteiger partial charge in [0.25, 0.3) is 0 Å². The molecule has 15 heavy (non-hydrogen) atoms. The van der Waals surface area contributed by atoms with Gasteiger partial charge in [-0.1, -0.05) is 49.1 Å². The van der Waals surface area contributed by atoms with E-state index in [4.69, 9.17) is 0 Å². The zero-order valence-electron chi connectivity index (χ0n) is 8.48. The quantitative estimate of drug-likeness (QED) is 0.763. The fraction of sp³-hybridized carbons (Fsp3) is 0. The molecule has 1 heteroatoms. The highest BCUT2D eigenvalue weighted by Gasteiger charge is 2.03.